The first-order valence-corrected chi connectivity index (χ1v) is 8.32. The highest BCUT2D eigenvalue weighted by Crippen LogP contribution is 2.18. The molecular weight excluding hydrogens is 276 g/mol. The molecule has 4 heteroatoms. The topological polar surface area (TPSA) is 43.8 Å². The minimum atomic E-state index is -0.865. The van der Waals surface area contributed by atoms with E-state index in [1.807, 2.05) is 30.0 Å². The number of hydrogen-bond donors (Lipinski definition) is 1. The zero-order valence-corrected chi connectivity index (χ0v) is 13.7. The van der Waals surface area contributed by atoms with Gasteiger partial charge in [-0.2, -0.15) is 0 Å². The van der Waals surface area contributed by atoms with Gasteiger partial charge in [0.25, 0.3) is 5.91 Å². The first-order chi connectivity index (χ1) is 10.6. The predicted molar refractivity (Wildman–Crippen MR) is 88.7 cm³/mol. The number of rotatable bonds is 6. The third-order valence-electron chi connectivity index (χ3n) is 4.57. The molecule has 22 heavy (non-hydrogen) atoms. The normalized spacial score (nSPS) is 18.1. The van der Waals surface area contributed by atoms with Crippen LogP contribution in [0.2, 0.25) is 0 Å². The Morgan fingerprint density at radius 2 is 1.95 bits per heavy atom. The molecule has 0 unspecified atom stereocenters. The number of aliphatic hydroxyl groups excluding tert-OH is 1. The number of nitrogens with zero attached hydrogens (tertiary/aromatic N) is 2. The Balaban J connectivity index is 2.02. The van der Waals surface area contributed by atoms with Crippen molar-refractivity contribution in [1.82, 2.24) is 9.80 Å². The summed E-state index contributed by atoms with van der Waals surface area (Å²) in [5.74, 6) is -0.104. The molecule has 1 saturated heterocycles. The number of carbonyl (C=O) groups is 1. The van der Waals surface area contributed by atoms with E-state index in [4.69, 9.17) is 0 Å². The maximum Gasteiger partial charge on any atom is 0.251 e. The van der Waals surface area contributed by atoms with Crippen LogP contribution in [-0.2, 0) is 11.2 Å². The van der Waals surface area contributed by atoms with Gasteiger partial charge in [0.2, 0.25) is 0 Å². The van der Waals surface area contributed by atoms with Crippen LogP contribution in [0, 0.1) is 0 Å². The summed E-state index contributed by atoms with van der Waals surface area (Å²) in [6, 6.07) is 10.5. The minimum Gasteiger partial charge on any atom is -0.383 e. The standard InChI is InChI=1S/C18H28N2O2/c1-3-17(21)18(22)20(16-10-12-19(2)13-11-16)14-9-15-7-5-4-6-8-15/h4-8,16-17,21H,3,9-14H2,1-2H3/t17-/m1/s1. The lowest BCUT2D eigenvalue weighted by atomic mass is 10.0. The van der Waals surface area contributed by atoms with Crippen LogP contribution in [0.15, 0.2) is 30.3 Å². The fraction of sp³-hybridized carbons (Fsp3) is 0.611. The number of carbonyl (C=O) groups excluding carboxylic acids is 1. The van der Waals surface area contributed by atoms with Crippen LogP contribution in [0.5, 0.6) is 0 Å². The lowest BCUT2D eigenvalue weighted by molar-refractivity contribution is -0.143. The fourth-order valence-corrected chi connectivity index (χ4v) is 3.04. The molecule has 0 radical (unpaired) electrons. The summed E-state index contributed by atoms with van der Waals surface area (Å²) in [4.78, 5) is 16.8. The molecule has 1 N–H and O–H groups in total. The molecular formula is C18H28N2O2. The first-order valence-electron chi connectivity index (χ1n) is 8.32. The second kappa shape index (κ2) is 8.30. The molecule has 4 nitrogen and oxygen atoms in total. The largest absolute Gasteiger partial charge is 0.383 e. The SMILES string of the molecule is CC[C@@H](O)C(=O)N(CCc1ccccc1)C1CCN(C)CC1. The fourth-order valence-electron chi connectivity index (χ4n) is 3.04. The second-order valence-corrected chi connectivity index (χ2v) is 6.23. The van der Waals surface area contributed by atoms with Crippen LogP contribution in [0.4, 0.5) is 0 Å². The Kier molecular flexibility index (Phi) is 6.40. The summed E-state index contributed by atoms with van der Waals surface area (Å²) in [5, 5.41) is 9.98. The number of likely N-dealkylation sites (tertiary alicyclic amines) is 1. The van der Waals surface area contributed by atoms with Gasteiger partial charge in [0.15, 0.2) is 0 Å². The summed E-state index contributed by atoms with van der Waals surface area (Å²) in [7, 11) is 2.12. The van der Waals surface area contributed by atoms with Crippen molar-refractivity contribution in [3.05, 3.63) is 35.9 Å². The van der Waals surface area contributed by atoms with Gasteiger partial charge >= 0.3 is 0 Å². The van der Waals surface area contributed by atoms with E-state index < -0.39 is 6.10 Å². The number of hydrogen-bond acceptors (Lipinski definition) is 3. The van der Waals surface area contributed by atoms with Gasteiger partial charge in [0.1, 0.15) is 6.10 Å². The van der Waals surface area contributed by atoms with Gasteiger partial charge in [-0.25, -0.2) is 0 Å². The van der Waals surface area contributed by atoms with Crippen molar-refractivity contribution >= 4 is 5.91 Å². The molecule has 1 aliphatic rings. The lowest BCUT2D eigenvalue weighted by Gasteiger charge is -2.38. The van der Waals surface area contributed by atoms with Crippen molar-refractivity contribution in [1.29, 1.82) is 0 Å². The van der Waals surface area contributed by atoms with Gasteiger partial charge in [0, 0.05) is 12.6 Å². The van der Waals surface area contributed by atoms with E-state index in [1.54, 1.807) is 0 Å². The van der Waals surface area contributed by atoms with Crippen LogP contribution in [-0.4, -0.2) is 59.6 Å². The summed E-state index contributed by atoms with van der Waals surface area (Å²) < 4.78 is 0. The van der Waals surface area contributed by atoms with Crippen molar-refractivity contribution in [3.63, 3.8) is 0 Å². The number of piperidine rings is 1. The molecule has 2 rings (SSSR count). The number of amides is 1. The summed E-state index contributed by atoms with van der Waals surface area (Å²) in [5.41, 5.74) is 1.24. The zero-order chi connectivity index (χ0) is 15.9. The van der Waals surface area contributed by atoms with E-state index in [0.717, 1.165) is 32.4 Å². The molecule has 1 aromatic carbocycles. The van der Waals surface area contributed by atoms with Crippen LogP contribution in [0.25, 0.3) is 0 Å². The Labute approximate surface area is 133 Å². The summed E-state index contributed by atoms with van der Waals surface area (Å²) >= 11 is 0. The Morgan fingerprint density at radius 1 is 1.32 bits per heavy atom. The summed E-state index contributed by atoms with van der Waals surface area (Å²) in [6.07, 6.45) is 2.44. The molecule has 1 atom stereocenters. The number of benzene rings is 1. The first kappa shape index (κ1) is 17.0. The van der Waals surface area contributed by atoms with Gasteiger partial charge in [-0.15, -0.1) is 0 Å². The monoisotopic (exact) mass is 304 g/mol. The predicted octanol–water partition coefficient (Wildman–Crippen LogP) is 1.92. The van der Waals surface area contributed by atoms with Gasteiger partial charge in [-0.05, 0) is 51.4 Å². The van der Waals surface area contributed by atoms with Crippen molar-refractivity contribution in [2.45, 2.75) is 44.8 Å². The maximum atomic E-state index is 12.5. The van der Waals surface area contributed by atoms with Gasteiger partial charge < -0.3 is 14.9 Å². The van der Waals surface area contributed by atoms with E-state index in [1.165, 1.54) is 5.56 Å². The molecule has 0 aliphatic carbocycles. The minimum absolute atomic E-state index is 0.104. The maximum absolute atomic E-state index is 12.5. The third kappa shape index (κ3) is 4.55. The third-order valence-corrected chi connectivity index (χ3v) is 4.57. The lowest BCUT2D eigenvalue weighted by Crippen LogP contribution is -2.50. The summed E-state index contributed by atoms with van der Waals surface area (Å²) in [6.45, 7) is 4.57. The number of aliphatic hydroxyl groups is 1. The van der Waals surface area contributed by atoms with E-state index in [0.29, 0.717) is 13.0 Å². The Hall–Kier alpha value is -1.39. The quantitative estimate of drug-likeness (QED) is 0.873. The molecule has 0 saturated carbocycles. The van der Waals surface area contributed by atoms with E-state index in [2.05, 4.69) is 24.1 Å². The molecule has 0 bridgehead atoms. The molecule has 0 spiro atoms. The molecule has 122 valence electrons. The average Bonchev–Trinajstić information content (AvgIpc) is 2.56. The molecule has 1 heterocycles. The molecule has 1 amide bonds. The van der Waals surface area contributed by atoms with Gasteiger partial charge in [-0.1, -0.05) is 37.3 Å². The van der Waals surface area contributed by atoms with Crippen LogP contribution in [0.1, 0.15) is 31.7 Å². The van der Waals surface area contributed by atoms with Crippen molar-refractivity contribution < 1.29 is 9.90 Å². The van der Waals surface area contributed by atoms with Crippen LogP contribution < -0.4 is 0 Å². The molecule has 1 aliphatic heterocycles. The van der Waals surface area contributed by atoms with Crippen LogP contribution >= 0.6 is 0 Å². The van der Waals surface area contributed by atoms with Gasteiger partial charge in [0.05, 0.1) is 0 Å². The van der Waals surface area contributed by atoms with Gasteiger partial charge in [-0.3, -0.25) is 4.79 Å². The second-order valence-electron chi connectivity index (χ2n) is 6.23. The smallest absolute Gasteiger partial charge is 0.251 e. The zero-order valence-electron chi connectivity index (χ0n) is 13.7. The highest BCUT2D eigenvalue weighted by Gasteiger charge is 2.29. The Bertz CT molecular complexity index is 455. The molecule has 0 aromatic heterocycles. The van der Waals surface area contributed by atoms with E-state index >= 15 is 0 Å². The van der Waals surface area contributed by atoms with E-state index in [9.17, 15) is 9.90 Å². The Morgan fingerprint density at radius 3 is 2.55 bits per heavy atom. The van der Waals surface area contributed by atoms with Crippen LogP contribution in [0.3, 0.4) is 0 Å². The van der Waals surface area contributed by atoms with Crippen molar-refractivity contribution in [3.8, 4) is 0 Å². The highest BCUT2D eigenvalue weighted by atomic mass is 16.3. The highest BCUT2D eigenvalue weighted by molar-refractivity contribution is 5.81. The van der Waals surface area contributed by atoms with E-state index in [-0.39, 0.29) is 11.9 Å². The van der Waals surface area contributed by atoms with Crippen molar-refractivity contribution in [2.24, 2.45) is 0 Å². The van der Waals surface area contributed by atoms with Crippen molar-refractivity contribution in [2.75, 3.05) is 26.7 Å². The average molecular weight is 304 g/mol. The molecule has 1 aromatic rings. The molecule has 1 fully saturated rings.